The highest BCUT2D eigenvalue weighted by atomic mass is 31.2. The molecule has 0 aliphatic heterocycles. The van der Waals surface area contributed by atoms with Crippen LogP contribution in [0.3, 0.4) is 0 Å². The van der Waals surface area contributed by atoms with Gasteiger partial charge in [0.25, 0.3) is 0 Å². The predicted octanol–water partition coefficient (Wildman–Crippen LogP) is 1.53. The van der Waals surface area contributed by atoms with Gasteiger partial charge in [-0.1, -0.05) is 24.3 Å². The molecule has 0 saturated heterocycles. The van der Waals surface area contributed by atoms with Crippen molar-refractivity contribution in [1.29, 1.82) is 0 Å². The highest BCUT2D eigenvalue weighted by Crippen LogP contribution is 2.48. The molecular formula is C20H30NO9P. The maximum absolute atomic E-state index is 12.1. The van der Waals surface area contributed by atoms with Gasteiger partial charge < -0.3 is 33.8 Å². The van der Waals surface area contributed by atoms with Gasteiger partial charge in [0.15, 0.2) is 23.0 Å². The summed E-state index contributed by atoms with van der Waals surface area (Å²) >= 11 is 0. The van der Waals surface area contributed by atoms with E-state index in [9.17, 15) is 9.46 Å². The number of methoxy groups -OCH3 is 2. The molecule has 4 N–H and O–H groups in total. The molecule has 0 saturated carbocycles. The summed E-state index contributed by atoms with van der Waals surface area (Å²) in [6.07, 6.45) is 0. The Hall–Kier alpha value is -2.33. The molecule has 0 spiro atoms. The molecule has 0 aliphatic rings. The fraction of sp³-hybridized carbons (Fsp3) is 0.400. The van der Waals surface area contributed by atoms with E-state index in [1.165, 1.54) is 26.4 Å². The van der Waals surface area contributed by atoms with E-state index in [1.54, 1.807) is 41.3 Å². The van der Waals surface area contributed by atoms with Gasteiger partial charge in [0.1, 0.15) is 0 Å². The quantitative estimate of drug-likeness (QED) is 0.346. The van der Waals surface area contributed by atoms with E-state index < -0.39 is 7.82 Å². The highest BCUT2D eigenvalue weighted by molar-refractivity contribution is 7.48. The second-order valence-corrected chi connectivity index (χ2v) is 7.27. The largest absolute Gasteiger partial charge is 0.585 e. The molecule has 0 bridgehead atoms. The number of aliphatic hydroxyl groups excluding tert-OH is 3. The smallest absolute Gasteiger partial charge is 0.493 e. The number of benzene rings is 2. The van der Waals surface area contributed by atoms with Crippen LogP contribution < -0.4 is 18.5 Å². The first-order valence-electron chi connectivity index (χ1n) is 9.43. The molecule has 31 heavy (non-hydrogen) atoms. The Labute approximate surface area is 181 Å². The maximum atomic E-state index is 12.1. The molecule has 0 amide bonds. The first-order chi connectivity index (χ1) is 14.9. The Balaban J connectivity index is 0.000000407. The van der Waals surface area contributed by atoms with Crippen LogP contribution in [0.1, 0.15) is 0 Å². The summed E-state index contributed by atoms with van der Waals surface area (Å²) in [4.78, 5) is 11.7. The summed E-state index contributed by atoms with van der Waals surface area (Å²) < 4.78 is 32.3. The third-order valence-electron chi connectivity index (χ3n) is 3.81. The molecule has 0 unspecified atom stereocenters. The lowest BCUT2D eigenvalue weighted by molar-refractivity contribution is 0.136. The van der Waals surface area contributed by atoms with Crippen molar-refractivity contribution in [1.82, 2.24) is 4.90 Å². The summed E-state index contributed by atoms with van der Waals surface area (Å²) in [6, 6.07) is 13.0. The van der Waals surface area contributed by atoms with Crippen LogP contribution in [0, 0.1) is 0 Å². The molecule has 2 aromatic rings. The summed E-state index contributed by atoms with van der Waals surface area (Å²) in [5.74, 6) is 0.882. The Kier molecular flexibility index (Phi) is 12.6. The summed E-state index contributed by atoms with van der Waals surface area (Å²) in [5.41, 5.74) is 0. The number of ether oxygens (including phenoxy) is 2. The average molecular weight is 459 g/mol. The van der Waals surface area contributed by atoms with E-state index >= 15 is 0 Å². The fourth-order valence-corrected chi connectivity index (χ4v) is 3.25. The number of para-hydroxylation sites is 4. The second-order valence-electron chi connectivity index (χ2n) is 5.97. The fourth-order valence-electron chi connectivity index (χ4n) is 2.42. The van der Waals surface area contributed by atoms with Crippen LogP contribution in [0.15, 0.2) is 48.5 Å². The van der Waals surface area contributed by atoms with Crippen molar-refractivity contribution in [2.45, 2.75) is 0 Å². The molecule has 0 heterocycles. The Morgan fingerprint density at radius 3 is 1.32 bits per heavy atom. The number of nitrogens with zero attached hydrogens (tertiary/aromatic N) is 1. The van der Waals surface area contributed by atoms with Crippen LogP contribution in [0.25, 0.3) is 0 Å². The SMILES string of the molecule is COc1ccccc1OP(=O)(O)Oc1ccccc1OC.OCCN(CCO)CCO. The van der Waals surface area contributed by atoms with Crippen molar-refractivity contribution in [3.63, 3.8) is 0 Å². The lowest BCUT2D eigenvalue weighted by Gasteiger charge is -2.17. The van der Waals surface area contributed by atoms with Gasteiger partial charge in [-0.3, -0.25) is 9.79 Å². The molecule has 0 atom stereocenters. The van der Waals surface area contributed by atoms with E-state index in [0.717, 1.165) is 0 Å². The molecule has 174 valence electrons. The van der Waals surface area contributed by atoms with Crippen LogP contribution in [0.2, 0.25) is 0 Å². The highest BCUT2D eigenvalue weighted by Gasteiger charge is 2.28. The zero-order valence-electron chi connectivity index (χ0n) is 17.6. The lowest BCUT2D eigenvalue weighted by atomic mass is 10.3. The molecule has 10 nitrogen and oxygen atoms in total. The standard InChI is InChI=1S/C14H15O6P.C6H15NO3/c1-17-11-7-3-5-9-13(11)19-21(15,16)20-14-10-6-4-8-12(14)18-2;8-4-1-7(2-5-9)3-6-10/h3-10H,1-2H3,(H,15,16);8-10H,1-6H2. The summed E-state index contributed by atoms with van der Waals surface area (Å²) in [7, 11) is -1.50. The maximum Gasteiger partial charge on any atom is 0.585 e. The zero-order chi connectivity index (χ0) is 23.1. The topological polar surface area (TPSA) is 138 Å². The van der Waals surface area contributed by atoms with E-state index in [0.29, 0.717) is 31.1 Å². The van der Waals surface area contributed by atoms with E-state index in [2.05, 4.69) is 0 Å². The summed E-state index contributed by atoms with van der Waals surface area (Å²) in [6.45, 7) is 1.75. The average Bonchev–Trinajstić information content (AvgIpc) is 2.75. The molecule has 0 fully saturated rings. The van der Waals surface area contributed by atoms with Crippen LogP contribution in [-0.2, 0) is 4.57 Å². The lowest BCUT2D eigenvalue weighted by Crippen LogP contribution is -2.32. The second kappa shape index (κ2) is 14.6. The number of aliphatic hydroxyl groups is 3. The van der Waals surface area contributed by atoms with Gasteiger partial charge in [-0.05, 0) is 24.3 Å². The van der Waals surface area contributed by atoms with E-state index in [-0.39, 0.29) is 31.3 Å². The molecule has 0 aliphatic carbocycles. The Morgan fingerprint density at radius 2 is 1.03 bits per heavy atom. The number of phosphoric ester groups is 1. The van der Waals surface area contributed by atoms with Gasteiger partial charge in [-0.15, -0.1) is 0 Å². The number of hydrogen-bond donors (Lipinski definition) is 4. The minimum Gasteiger partial charge on any atom is -0.493 e. The van der Waals surface area contributed by atoms with Gasteiger partial charge in [0.2, 0.25) is 0 Å². The van der Waals surface area contributed by atoms with Crippen LogP contribution in [-0.4, -0.2) is 78.8 Å². The Bertz CT molecular complexity index is 738. The number of phosphoric acid groups is 1. The van der Waals surface area contributed by atoms with Crippen LogP contribution in [0.5, 0.6) is 23.0 Å². The van der Waals surface area contributed by atoms with Crippen LogP contribution in [0.4, 0.5) is 0 Å². The monoisotopic (exact) mass is 459 g/mol. The van der Waals surface area contributed by atoms with Crippen molar-refractivity contribution >= 4 is 7.82 Å². The number of hydrogen-bond acceptors (Lipinski definition) is 9. The van der Waals surface area contributed by atoms with Crippen molar-refractivity contribution in [2.24, 2.45) is 0 Å². The van der Waals surface area contributed by atoms with Crippen LogP contribution >= 0.6 is 7.82 Å². The van der Waals surface area contributed by atoms with Gasteiger partial charge in [-0.2, -0.15) is 0 Å². The molecule has 0 aromatic heterocycles. The third-order valence-corrected chi connectivity index (χ3v) is 4.67. The molecule has 2 aromatic carbocycles. The minimum atomic E-state index is -4.38. The normalized spacial score (nSPS) is 10.8. The first kappa shape index (κ1) is 26.7. The third kappa shape index (κ3) is 10.0. The van der Waals surface area contributed by atoms with Gasteiger partial charge in [0, 0.05) is 19.6 Å². The molecule has 2 rings (SSSR count). The van der Waals surface area contributed by atoms with Gasteiger partial charge in [0.05, 0.1) is 34.0 Å². The first-order valence-corrected chi connectivity index (χ1v) is 10.9. The molecular weight excluding hydrogens is 429 g/mol. The predicted molar refractivity (Wildman–Crippen MR) is 115 cm³/mol. The summed E-state index contributed by atoms with van der Waals surface area (Å²) in [5, 5.41) is 25.5. The number of rotatable bonds is 12. The minimum absolute atomic E-state index is 0.0694. The zero-order valence-corrected chi connectivity index (χ0v) is 18.5. The van der Waals surface area contributed by atoms with E-state index in [4.69, 9.17) is 33.8 Å². The van der Waals surface area contributed by atoms with Gasteiger partial charge in [-0.25, -0.2) is 4.57 Å². The van der Waals surface area contributed by atoms with Crippen molar-refractivity contribution in [2.75, 3.05) is 53.7 Å². The van der Waals surface area contributed by atoms with Gasteiger partial charge >= 0.3 is 7.82 Å². The van der Waals surface area contributed by atoms with E-state index in [1.807, 2.05) is 0 Å². The van der Waals surface area contributed by atoms with Crippen molar-refractivity contribution < 1.29 is 43.3 Å². The Morgan fingerprint density at radius 1 is 0.710 bits per heavy atom. The van der Waals surface area contributed by atoms with Crippen molar-refractivity contribution in [3.8, 4) is 23.0 Å². The molecule has 11 heteroatoms. The van der Waals surface area contributed by atoms with Crippen molar-refractivity contribution in [3.05, 3.63) is 48.5 Å². The molecule has 0 radical (unpaired) electrons.